The fraction of sp³-hybridized carbons (Fsp3) is 0.471. The zero-order valence-electron chi connectivity index (χ0n) is 11.8. The van der Waals surface area contributed by atoms with E-state index in [9.17, 15) is 4.79 Å². The van der Waals surface area contributed by atoms with Crippen molar-refractivity contribution < 1.29 is 4.79 Å². The molecule has 0 aliphatic heterocycles. The molecule has 0 saturated heterocycles. The van der Waals surface area contributed by atoms with Crippen LogP contribution in [0.5, 0.6) is 0 Å². The minimum Gasteiger partial charge on any atom is -0.329 e. The molecule has 1 aromatic carbocycles. The van der Waals surface area contributed by atoms with Crippen LogP contribution in [0.25, 0.3) is 0 Å². The van der Waals surface area contributed by atoms with Gasteiger partial charge in [0.25, 0.3) is 5.91 Å². The molecule has 2 rings (SSSR count). The zero-order chi connectivity index (χ0) is 13.7. The van der Waals surface area contributed by atoms with E-state index in [2.05, 4.69) is 43.0 Å². The third-order valence-corrected chi connectivity index (χ3v) is 3.72. The molecule has 1 aliphatic rings. The number of amides is 1. The molecule has 0 spiro atoms. The van der Waals surface area contributed by atoms with Gasteiger partial charge in [-0.1, -0.05) is 37.1 Å². The Balaban J connectivity index is 2.16. The van der Waals surface area contributed by atoms with Crippen LogP contribution in [0.1, 0.15) is 37.8 Å². The molecule has 0 saturated carbocycles. The SMILES string of the molecule is CC#CC(=O)N(CCC)C1CCc2ccccc2C1. The number of aryl methyl sites for hydroxylation is 1. The molecule has 0 heterocycles. The van der Waals surface area contributed by atoms with Crippen LogP contribution >= 0.6 is 0 Å². The Labute approximate surface area is 115 Å². The summed E-state index contributed by atoms with van der Waals surface area (Å²) in [5.74, 6) is 5.39. The van der Waals surface area contributed by atoms with Gasteiger partial charge in [0, 0.05) is 12.6 Å². The maximum absolute atomic E-state index is 12.1. The molecule has 0 aromatic heterocycles. The standard InChI is InChI=1S/C17H21NO/c1-3-7-17(19)18(12-4-2)16-11-10-14-8-5-6-9-15(14)13-16/h5-6,8-9,16H,4,10-13H2,1-2H3. The van der Waals surface area contributed by atoms with Crippen LogP contribution in [0.15, 0.2) is 24.3 Å². The fourth-order valence-electron chi connectivity index (χ4n) is 2.81. The van der Waals surface area contributed by atoms with E-state index in [-0.39, 0.29) is 5.91 Å². The van der Waals surface area contributed by atoms with Crippen LogP contribution in [0, 0.1) is 11.8 Å². The first-order chi connectivity index (χ1) is 9.26. The van der Waals surface area contributed by atoms with Crippen LogP contribution in [0.3, 0.4) is 0 Å². The zero-order valence-corrected chi connectivity index (χ0v) is 11.8. The average molecular weight is 255 g/mol. The van der Waals surface area contributed by atoms with Gasteiger partial charge in [0.2, 0.25) is 0 Å². The van der Waals surface area contributed by atoms with Crippen molar-refractivity contribution >= 4 is 5.91 Å². The van der Waals surface area contributed by atoms with Crippen LogP contribution in [0.4, 0.5) is 0 Å². The van der Waals surface area contributed by atoms with Crippen molar-refractivity contribution in [3.8, 4) is 11.8 Å². The Morgan fingerprint density at radius 1 is 1.37 bits per heavy atom. The molecular formula is C17H21NO. The van der Waals surface area contributed by atoms with Crippen LogP contribution in [-0.2, 0) is 17.6 Å². The molecule has 19 heavy (non-hydrogen) atoms. The van der Waals surface area contributed by atoms with E-state index in [0.29, 0.717) is 6.04 Å². The quantitative estimate of drug-likeness (QED) is 0.761. The van der Waals surface area contributed by atoms with Gasteiger partial charge < -0.3 is 4.90 Å². The highest BCUT2D eigenvalue weighted by atomic mass is 16.2. The van der Waals surface area contributed by atoms with Crippen LogP contribution < -0.4 is 0 Å². The number of hydrogen-bond acceptors (Lipinski definition) is 1. The third kappa shape index (κ3) is 3.17. The molecule has 0 N–H and O–H groups in total. The number of carbonyl (C=O) groups is 1. The normalized spacial score (nSPS) is 17.1. The molecule has 100 valence electrons. The van der Waals surface area contributed by atoms with Gasteiger partial charge in [-0.25, -0.2) is 0 Å². The van der Waals surface area contributed by atoms with Crippen LogP contribution in [0.2, 0.25) is 0 Å². The first kappa shape index (κ1) is 13.7. The highest BCUT2D eigenvalue weighted by molar-refractivity contribution is 5.93. The topological polar surface area (TPSA) is 20.3 Å². The second kappa shape index (κ2) is 6.43. The number of benzene rings is 1. The van der Waals surface area contributed by atoms with Gasteiger partial charge in [-0.3, -0.25) is 4.79 Å². The van der Waals surface area contributed by atoms with E-state index in [4.69, 9.17) is 0 Å². The first-order valence-corrected chi connectivity index (χ1v) is 7.06. The smallest absolute Gasteiger partial charge is 0.298 e. The molecule has 1 atom stereocenters. The van der Waals surface area contributed by atoms with E-state index < -0.39 is 0 Å². The van der Waals surface area contributed by atoms with Gasteiger partial charge in [-0.2, -0.15) is 0 Å². The largest absolute Gasteiger partial charge is 0.329 e. The molecule has 1 aliphatic carbocycles. The summed E-state index contributed by atoms with van der Waals surface area (Å²) in [5.41, 5.74) is 2.82. The maximum Gasteiger partial charge on any atom is 0.298 e. The monoisotopic (exact) mass is 255 g/mol. The molecule has 1 amide bonds. The van der Waals surface area contributed by atoms with E-state index in [1.807, 2.05) is 4.90 Å². The number of carbonyl (C=O) groups excluding carboxylic acids is 1. The van der Waals surface area contributed by atoms with E-state index >= 15 is 0 Å². The Morgan fingerprint density at radius 3 is 2.79 bits per heavy atom. The Kier molecular flexibility index (Phi) is 4.63. The summed E-state index contributed by atoms with van der Waals surface area (Å²) in [6, 6.07) is 8.86. The number of hydrogen-bond donors (Lipinski definition) is 0. The van der Waals surface area contributed by atoms with E-state index in [1.165, 1.54) is 11.1 Å². The van der Waals surface area contributed by atoms with Crippen molar-refractivity contribution in [1.82, 2.24) is 4.90 Å². The summed E-state index contributed by atoms with van der Waals surface area (Å²) in [7, 11) is 0. The molecule has 1 aromatic rings. The predicted octanol–water partition coefficient (Wildman–Crippen LogP) is 2.81. The second-order valence-electron chi connectivity index (χ2n) is 5.04. The number of fused-ring (bicyclic) bond motifs is 1. The molecule has 2 heteroatoms. The predicted molar refractivity (Wildman–Crippen MR) is 77.7 cm³/mol. The maximum atomic E-state index is 12.1. The van der Waals surface area contributed by atoms with Crippen molar-refractivity contribution in [1.29, 1.82) is 0 Å². The second-order valence-corrected chi connectivity index (χ2v) is 5.04. The Hall–Kier alpha value is -1.75. The van der Waals surface area contributed by atoms with Crippen molar-refractivity contribution in [3.63, 3.8) is 0 Å². The minimum absolute atomic E-state index is 0.0197. The van der Waals surface area contributed by atoms with Crippen molar-refractivity contribution in [2.24, 2.45) is 0 Å². The summed E-state index contributed by atoms with van der Waals surface area (Å²) >= 11 is 0. The first-order valence-electron chi connectivity index (χ1n) is 7.06. The Bertz CT molecular complexity index is 509. The van der Waals surface area contributed by atoms with Crippen LogP contribution in [-0.4, -0.2) is 23.4 Å². The number of rotatable bonds is 3. The lowest BCUT2D eigenvalue weighted by molar-refractivity contribution is -0.127. The summed E-state index contributed by atoms with van der Waals surface area (Å²) < 4.78 is 0. The van der Waals surface area contributed by atoms with Gasteiger partial charge in [-0.05, 0) is 49.7 Å². The highest BCUT2D eigenvalue weighted by Gasteiger charge is 2.26. The lowest BCUT2D eigenvalue weighted by atomic mass is 9.87. The number of nitrogens with zero attached hydrogens (tertiary/aromatic N) is 1. The van der Waals surface area contributed by atoms with Gasteiger partial charge >= 0.3 is 0 Å². The lowest BCUT2D eigenvalue weighted by Crippen LogP contribution is -2.43. The summed E-state index contributed by atoms with van der Waals surface area (Å²) in [6.07, 6.45) is 4.06. The molecular weight excluding hydrogens is 234 g/mol. The summed E-state index contributed by atoms with van der Waals surface area (Å²) in [5, 5.41) is 0. The third-order valence-electron chi connectivity index (χ3n) is 3.72. The van der Waals surface area contributed by atoms with Gasteiger partial charge in [-0.15, -0.1) is 0 Å². The summed E-state index contributed by atoms with van der Waals surface area (Å²) in [4.78, 5) is 14.1. The van der Waals surface area contributed by atoms with E-state index in [0.717, 1.165) is 32.2 Å². The lowest BCUT2D eigenvalue weighted by Gasteiger charge is -2.34. The van der Waals surface area contributed by atoms with Gasteiger partial charge in [0.1, 0.15) is 0 Å². The molecule has 1 unspecified atom stereocenters. The Morgan fingerprint density at radius 2 is 2.11 bits per heavy atom. The van der Waals surface area contributed by atoms with Gasteiger partial charge in [0.15, 0.2) is 0 Å². The molecule has 0 bridgehead atoms. The highest BCUT2D eigenvalue weighted by Crippen LogP contribution is 2.24. The summed E-state index contributed by atoms with van der Waals surface area (Å²) in [6.45, 7) is 4.63. The van der Waals surface area contributed by atoms with Crippen molar-refractivity contribution in [2.45, 2.75) is 45.6 Å². The fourth-order valence-corrected chi connectivity index (χ4v) is 2.81. The van der Waals surface area contributed by atoms with Gasteiger partial charge in [0.05, 0.1) is 0 Å². The van der Waals surface area contributed by atoms with Crippen molar-refractivity contribution in [2.75, 3.05) is 6.54 Å². The minimum atomic E-state index is -0.0197. The van der Waals surface area contributed by atoms with Crippen molar-refractivity contribution in [3.05, 3.63) is 35.4 Å². The molecule has 0 fully saturated rings. The van der Waals surface area contributed by atoms with E-state index in [1.54, 1.807) is 6.92 Å². The molecule has 0 radical (unpaired) electrons. The average Bonchev–Trinajstić information content (AvgIpc) is 2.44. The molecule has 2 nitrogen and oxygen atoms in total.